The van der Waals surface area contributed by atoms with Gasteiger partial charge in [0.2, 0.25) is 11.8 Å². The van der Waals surface area contributed by atoms with Crippen LogP contribution in [0.1, 0.15) is 30.5 Å². The lowest BCUT2D eigenvalue weighted by atomic mass is 9.77. The number of aromatic amines is 1. The summed E-state index contributed by atoms with van der Waals surface area (Å²) in [6, 6.07) is 16.8. The number of hydrogen-bond donors (Lipinski definition) is 4. The number of nitrogens with zero attached hydrogens (tertiary/aromatic N) is 1. The molecule has 5 rings (SSSR count). The summed E-state index contributed by atoms with van der Waals surface area (Å²) in [5.74, 6) is -0.288. The molecule has 0 radical (unpaired) electrons. The summed E-state index contributed by atoms with van der Waals surface area (Å²) in [6.45, 7) is 2.09. The first-order valence-electron chi connectivity index (χ1n) is 12.4. The van der Waals surface area contributed by atoms with Crippen LogP contribution >= 0.6 is 0 Å². The molecule has 0 spiro atoms. The Morgan fingerprint density at radius 3 is 2.69 bits per heavy atom. The third-order valence-corrected chi connectivity index (χ3v) is 7.07. The molecule has 2 amide bonds. The minimum Gasteiger partial charge on any atom is -0.486 e. The fraction of sp³-hybridized carbons (Fsp3) is 0.357. The van der Waals surface area contributed by atoms with Crippen molar-refractivity contribution in [3.63, 3.8) is 0 Å². The molecule has 2 heterocycles. The average molecular weight is 490 g/mol. The predicted molar refractivity (Wildman–Crippen MR) is 136 cm³/mol. The summed E-state index contributed by atoms with van der Waals surface area (Å²) in [7, 11) is 0. The number of H-pyrrole nitrogens is 1. The van der Waals surface area contributed by atoms with Crippen molar-refractivity contribution >= 4 is 22.7 Å². The van der Waals surface area contributed by atoms with Crippen LogP contribution in [0.3, 0.4) is 0 Å². The van der Waals surface area contributed by atoms with Crippen molar-refractivity contribution in [1.82, 2.24) is 15.2 Å². The zero-order valence-electron chi connectivity index (χ0n) is 20.2. The Morgan fingerprint density at radius 2 is 1.92 bits per heavy atom. The monoisotopic (exact) mass is 489 g/mol. The standard InChI is InChI=1S/C28H31N3O5/c1-2-24(33)31(13-11-18-15-17-7-3-5-9-21(17)30-18)22-16-20(28(35)29-12-14-32)25-19-8-4-6-10-23(19)36-27(25)26(22)34/h3-10,15-16,22,25-27,30,32,34H,2,11-14H2,1H3,(H,29,35). The highest BCUT2D eigenvalue weighted by molar-refractivity contribution is 5.96. The molecular weight excluding hydrogens is 458 g/mol. The van der Waals surface area contributed by atoms with E-state index < -0.39 is 24.2 Å². The quantitative estimate of drug-likeness (QED) is 0.388. The van der Waals surface area contributed by atoms with Crippen molar-refractivity contribution in [2.45, 2.75) is 43.9 Å². The van der Waals surface area contributed by atoms with Crippen LogP contribution < -0.4 is 10.1 Å². The van der Waals surface area contributed by atoms with Crippen molar-refractivity contribution in [3.8, 4) is 5.75 Å². The first kappa shape index (κ1) is 24.1. The zero-order chi connectivity index (χ0) is 25.2. The highest BCUT2D eigenvalue weighted by Gasteiger charge is 2.50. The Morgan fingerprint density at radius 1 is 1.14 bits per heavy atom. The summed E-state index contributed by atoms with van der Waals surface area (Å²) >= 11 is 0. The van der Waals surface area contributed by atoms with Crippen LogP contribution in [0.2, 0.25) is 0 Å². The summed E-state index contributed by atoms with van der Waals surface area (Å²) in [4.78, 5) is 31.3. The molecule has 1 aliphatic carbocycles. The molecule has 188 valence electrons. The molecule has 1 aliphatic heterocycles. The molecule has 8 nitrogen and oxygen atoms in total. The minimum atomic E-state index is -1.02. The maximum Gasteiger partial charge on any atom is 0.247 e. The smallest absolute Gasteiger partial charge is 0.247 e. The van der Waals surface area contributed by atoms with Crippen LogP contribution in [0.5, 0.6) is 5.75 Å². The van der Waals surface area contributed by atoms with E-state index in [1.54, 1.807) is 17.9 Å². The van der Waals surface area contributed by atoms with Gasteiger partial charge in [-0.15, -0.1) is 0 Å². The lowest BCUT2D eigenvalue weighted by Gasteiger charge is -2.40. The van der Waals surface area contributed by atoms with Gasteiger partial charge in [-0.2, -0.15) is 0 Å². The molecule has 4 unspecified atom stereocenters. The van der Waals surface area contributed by atoms with Crippen molar-refractivity contribution in [2.24, 2.45) is 0 Å². The number of hydrogen-bond acceptors (Lipinski definition) is 5. The Balaban J connectivity index is 1.47. The second-order valence-electron chi connectivity index (χ2n) is 9.25. The molecule has 4 N–H and O–H groups in total. The number of benzene rings is 2. The molecule has 0 saturated heterocycles. The second kappa shape index (κ2) is 10.2. The molecule has 1 aromatic heterocycles. The third kappa shape index (κ3) is 4.38. The lowest BCUT2D eigenvalue weighted by Crippen LogP contribution is -2.56. The number of rotatable bonds is 8. The second-order valence-corrected chi connectivity index (χ2v) is 9.25. The maximum absolute atomic E-state index is 13.2. The first-order valence-corrected chi connectivity index (χ1v) is 12.4. The lowest BCUT2D eigenvalue weighted by molar-refractivity contribution is -0.136. The van der Waals surface area contributed by atoms with Gasteiger partial charge in [-0.25, -0.2) is 0 Å². The number of carbonyl (C=O) groups excluding carboxylic acids is 2. The molecule has 36 heavy (non-hydrogen) atoms. The van der Waals surface area contributed by atoms with E-state index in [-0.39, 0.29) is 31.4 Å². The number of ether oxygens (including phenoxy) is 1. The van der Waals surface area contributed by atoms with Crippen LogP contribution in [0, 0.1) is 0 Å². The third-order valence-electron chi connectivity index (χ3n) is 7.07. The number of aromatic nitrogens is 1. The highest BCUT2D eigenvalue weighted by Crippen LogP contribution is 2.47. The zero-order valence-corrected chi connectivity index (χ0v) is 20.2. The largest absolute Gasteiger partial charge is 0.486 e. The number of nitrogens with one attached hydrogen (secondary N) is 2. The summed E-state index contributed by atoms with van der Waals surface area (Å²) in [5.41, 5.74) is 3.29. The van der Waals surface area contributed by atoms with E-state index in [4.69, 9.17) is 4.74 Å². The van der Waals surface area contributed by atoms with Gasteiger partial charge in [-0.1, -0.05) is 43.3 Å². The van der Waals surface area contributed by atoms with Gasteiger partial charge in [-0.3, -0.25) is 9.59 Å². The molecular formula is C28H31N3O5. The van der Waals surface area contributed by atoms with Gasteiger partial charge >= 0.3 is 0 Å². The molecule has 0 bridgehead atoms. The molecule has 0 saturated carbocycles. The van der Waals surface area contributed by atoms with Crippen molar-refractivity contribution in [2.75, 3.05) is 19.7 Å². The van der Waals surface area contributed by atoms with Crippen molar-refractivity contribution < 1.29 is 24.5 Å². The Labute approximate surface area is 209 Å². The molecule has 8 heteroatoms. The molecule has 3 aromatic rings. The average Bonchev–Trinajstić information content (AvgIpc) is 3.50. The van der Waals surface area contributed by atoms with Gasteiger partial charge in [0.25, 0.3) is 0 Å². The maximum atomic E-state index is 13.2. The van der Waals surface area contributed by atoms with Crippen LogP contribution in [0.25, 0.3) is 10.9 Å². The number of fused-ring (bicyclic) bond motifs is 4. The van der Waals surface area contributed by atoms with Gasteiger partial charge in [0.05, 0.1) is 18.6 Å². The molecule has 2 aromatic carbocycles. The number of aliphatic hydroxyl groups is 2. The van der Waals surface area contributed by atoms with Crippen LogP contribution in [-0.4, -0.2) is 69.9 Å². The van der Waals surface area contributed by atoms with E-state index in [2.05, 4.69) is 16.4 Å². The number of para-hydroxylation sites is 2. The Hall–Kier alpha value is -3.62. The van der Waals surface area contributed by atoms with Gasteiger partial charge < -0.3 is 30.2 Å². The van der Waals surface area contributed by atoms with Gasteiger partial charge in [0, 0.05) is 48.3 Å². The fourth-order valence-electron chi connectivity index (χ4n) is 5.34. The minimum absolute atomic E-state index is 0.112. The molecule has 0 fully saturated rings. The summed E-state index contributed by atoms with van der Waals surface area (Å²) in [6.07, 6.45) is 0.828. The molecule has 4 atom stereocenters. The Bertz CT molecular complexity index is 1270. The predicted octanol–water partition coefficient (Wildman–Crippen LogP) is 2.27. The topological polar surface area (TPSA) is 115 Å². The molecule has 2 aliphatic rings. The van der Waals surface area contributed by atoms with E-state index in [0.29, 0.717) is 24.3 Å². The number of carbonyl (C=O) groups is 2. The van der Waals surface area contributed by atoms with Crippen molar-refractivity contribution in [1.29, 1.82) is 0 Å². The number of amides is 2. The Kier molecular flexibility index (Phi) is 6.80. The van der Waals surface area contributed by atoms with Crippen LogP contribution in [-0.2, 0) is 16.0 Å². The van der Waals surface area contributed by atoms with Gasteiger partial charge in [-0.05, 0) is 29.7 Å². The SMILES string of the molecule is CCC(=O)N(CCc1cc2ccccc2[nH]1)C1C=C(C(=O)NCCO)C2c3ccccc3OC2C1O. The van der Waals surface area contributed by atoms with E-state index in [0.717, 1.165) is 22.2 Å². The van der Waals surface area contributed by atoms with Crippen molar-refractivity contribution in [3.05, 3.63) is 77.5 Å². The number of aliphatic hydroxyl groups excluding tert-OH is 2. The van der Waals surface area contributed by atoms with E-state index in [1.165, 1.54) is 0 Å². The summed E-state index contributed by atoms with van der Waals surface area (Å²) < 4.78 is 6.14. The first-order chi connectivity index (χ1) is 17.5. The summed E-state index contributed by atoms with van der Waals surface area (Å²) in [5, 5.41) is 24.5. The van der Waals surface area contributed by atoms with E-state index in [1.807, 2.05) is 48.5 Å². The van der Waals surface area contributed by atoms with Crippen LogP contribution in [0.4, 0.5) is 0 Å². The van der Waals surface area contributed by atoms with Gasteiger partial charge in [0.15, 0.2) is 0 Å². The van der Waals surface area contributed by atoms with Crippen LogP contribution in [0.15, 0.2) is 66.2 Å². The van der Waals surface area contributed by atoms with Gasteiger partial charge in [0.1, 0.15) is 18.0 Å². The van der Waals surface area contributed by atoms with E-state index in [9.17, 15) is 19.8 Å². The normalized spacial score (nSPS) is 22.4. The highest BCUT2D eigenvalue weighted by atomic mass is 16.5. The fourth-order valence-corrected chi connectivity index (χ4v) is 5.34. The van der Waals surface area contributed by atoms with E-state index >= 15 is 0 Å².